The molecule has 0 radical (unpaired) electrons. The second-order valence-electron chi connectivity index (χ2n) is 13.2. The first-order valence-corrected chi connectivity index (χ1v) is 18.2. The molecular weight excluding hydrogens is 639 g/mol. The Labute approximate surface area is 298 Å². The van der Waals surface area contributed by atoms with E-state index in [1.165, 1.54) is 63.6 Å². The van der Waals surface area contributed by atoms with Crippen molar-refractivity contribution in [1.29, 1.82) is 0 Å². The monoisotopic (exact) mass is 667 g/mol. The molecule has 0 unspecified atom stereocenters. The van der Waals surface area contributed by atoms with Crippen molar-refractivity contribution in [2.45, 2.75) is 0 Å². The van der Waals surface area contributed by atoms with Gasteiger partial charge in [0.2, 0.25) is 0 Å². The number of nitrogens with zero attached hydrogens (tertiary/aromatic N) is 1. The van der Waals surface area contributed by atoms with E-state index in [2.05, 4.69) is 181 Å². The third kappa shape index (κ3) is 4.29. The van der Waals surface area contributed by atoms with Crippen LogP contribution in [0.1, 0.15) is 0 Å². The second-order valence-corrected chi connectivity index (χ2v) is 14.3. The van der Waals surface area contributed by atoms with Crippen LogP contribution in [-0.2, 0) is 0 Å². The Morgan fingerprint density at radius 3 is 1.92 bits per heavy atom. The quantitative estimate of drug-likeness (QED) is 0.174. The van der Waals surface area contributed by atoms with Crippen LogP contribution < -0.4 is 4.90 Å². The number of thiophene rings is 1. The molecule has 11 aromatic rings. The summed E-state index contributed by atoms with van der Waals surface area (Å²) in [4.78, 5) is 2.47. The lowest BCUT2D eigenvalue weighted by atomic mass is 9.96. The predicted octanol–water partition coefficient (Wildman–Crippen LogP) is 14.6. The van der Waals surface area contributed by atoms with Crippen LogP contribution in [0.2, 0.25) is 0 Å². The van der Waals surface area contributed by atoms with Gasteiger partial charge in [-0.25, -0.2) is 0 Å². The van der Waals surface area contributed by atoms with Gasteiger partial charge in [0.1, 0.15) is 5.58 Å². The zero-order chi connectivity index (χ0) is 33.5. The molecule has 0 saturated carbocycles. The third-order valence-corrected chi connectivity index (χ3v) is 11.6. The van der Waals surface area contributed by atoms with Gasteiger partial charge in [0.15, 0.2) is 5.58 Å². The number of hydrogen-bond acceptors (Lipinski definition) is 3. The molecule has 3 heteroatoms. The number of fused-ring (bicyclic) bond motifs is 11. The fraction of sp³-hybridized carbons (Fsp3) is 0. The summed E-state index contributed by atoms with van der Waals surface area (Å²) in [6.07, 6.45) is 0. The minimum atomic E-state index is 0.897. The molecule has 2 aromatic heterocycles. The summed E-state index contributed by atoms with van der Waals surface area (Å²) in [5, 5.41) is 12.1. The Morgan fingerprint density at radius 1 is 0.431 bits per heavy atom. The number of rotatable bonds is 4. The normalized spacial score (nSPS) is 11.9. The van der Waals surface area contributed by atoms with E-state index in [-0.39, 0.29) is 0 Å². The molecule has 2 nitrogen and oxygen atoms in total. The van der Waals surface area contributed by atoms with Gasteiger partial charge in [-0.3, -0.25) is 0 Å². The molecule has 238 valence electrons. The average Bonchev–Trinajstić information content (AvgIpc) is 3.77. The average molecular weight is 668 g/mol. The van der Waals surface area contributed by atoms with Crippen molar-refractivity contribution in [3.8, 4) is 11.1 Å². The van der Waals surface area contributed by atoms with Gasteiger partial charge in [-0.2, -0.15) is 0 Å². The standard InChI is InChI=1S/C48H29NOS/c1-3-15-34-30(12-1)14-11-21-35(34)31-24-26-33(27-25-31)49(42-28-32-13-2-4-16-36(32)37-17-5-6-18-38(37)42)43-29-41-39-19-8-10-23-45(39)51-48(41)47-46(43)40-20-7-9-22-44(40)50-47/h1-29H. The first-order chi connectivity index (χ1) is 25.3. The van der Waals surface area contributed by atoms with Crippen LogP contribution in [0.4, 0.5) is 17.1 Å². The van der Waals surface area contributed by atoms with Gasteiger partial charge in [-0.15, -0.1) is 11.3 Å². The Kier molecular flexibility index (Phi) is 6.16. The molecule has 0 aliphatic carbocycles. The van der Waals surface area contributed by atoms with Gasteiger partial charge >= 0.3 is 0 Å². The maximum atomic E-state index is 6.82. The summed E-state index contributed by atoms with van der Waals surface area (Å²) in [7, 11) is 0. The summed E-state index contributed by atoms with van der Waals surface area (Å²) < 4.78 is 9.26. The fourth-order valence-corrected chi connectivity index (χ4v) is 9.29. The van der Waals surface area contributed by atoms with Crippen molar-refractivity contribution in [1.82, 2.24) is 0 Å². The maximum Gasteiger partial charge on any atom is 0.155 e. The predicted molar refractivity (Wildman–Crippen MR) is 219 cm³/mol. The van der Waals surface area contributed by atoms with Crippen LogP contribution in [0.15, 0.2) is 180 Å². The number of hydrogen-bond donors (Lipinski definition) is 0. The van der Waals surface area contributed by atoms with Crippen LogP contribution in [0.25, 0.3) is 85.6 Å². The number of para-hydroxylation sites is 1. The van der Waals surface area contributed by atoms with Crippen LogP contribution >= 0.6 is 11.3 Å². The van der Waals surface area contributed by atoms with E-state index in [0.29, 0.717) is 0 Å². The van der Waals surface area contributed by atoms with Gasteiger partial charge in [0, 0.05) is 31.9 Å². The minimum absolute atomic E-state index is 0.897. The van der Waals surface area contributed by atoms with Crippen LogP contribution in [-0.4, -0.2) is 0 Å². The lowest BCUT2D eigenvalue weighted by Crippen LogP contribution is -2.11. The van der Waals surface area contributed by atoms with Crippen molar-refractivity contribution in [3.63, 3.8) is 0 Å². The third-order valence-electron chi connectivity index (χ3n) is 10.4. The van der Waals surface area contributed by atoms with Crippen LogP contribution in [0.3, 0.4) is 0 Å². The number of anilines is 3. The molecule has 0 amide bonds. The highest BCUT2D eigenvalue weighted by molar-refractivity contribution is 7.26. The molecule has 0 aliphatic rings. The van der Waals surface area contributed by atoms with Crippen LogP contribution in [0, 0.1) is 0 Å². The van der Waals surface area contributed by atoms with E-state index in [1.54, 1.807) is 0 Å². The van der Waals surface area contributed by atoms with Gasteiger partial charge < -0.3 is 9.32 Å². The SMILES string of the molecule is c1ccc2c(-c3ccc(N(c4cc5ccccc5c5ccccc45)c4cc5c6ccccc6sc5c5oc6ccccc6c45)cc3)cccc2c1. The van der Waals surface area contributed by atoms with Crippen molar-refractivity contribution >= 4 is 103 Å². The Hall–Kier alpha value is -6.42. The number of furan rings is 1. The Morgan fingerprint density at radius 2 is 1.08 bits per heavy atom. The highest BCUT2D eigenvalue weighted by Gasteiger charge is 2.25. The molecule has 0 N–H and O–H groups in total. The van der Waals surface area contributed by atoms with Gasteiger partial charge in [-0.05, 0) is 74.5 Å². The molecule has 11 rings (SSSR count). The van der Waals surface area contributed by atoms with Crippen molar-refractivity contribution in [2.24, 2.45) is 0 Å². The molecule has 51 heavy (non-hydrogen) atoms. The largest absolute Gasteiger partial charge is 0.454 e. The van der Waals surface area contributed by atoms with Gasteiger partial charge in [-0.1, -0.05) is 140 Å². The first kappa shape index (κ1) is 28.4. The maximum absolute atomic E-state index is 6.82. The molecular formula is C48H29NOS. The van der Waals surface area contributed by atoms with E-state index in [4.69, 9.17) is 4.42 Å². The second kappa shape index (κ2) is 11.0. The van der Waals surface area contributed by atoms with E-state index in [1.807, 2.05) is 11.3 Å². The van der Waals surface area contributed by atoms with E-state index >= 15 is 0 Å². The molecule has 0 saturated heterocycles. The molecule has 0 atom stereocenters. The lowest BCUT2D eigenvalue weighted by molar-refractivity contribution is 0.673. The molecule has 9 aromatic carbocycles. The van der Waals surface area contributed by atoms with E-state index in [9.17, 15) is 0 Å². The summed E-state index contributed by atoms with van der Waals surface area (Å²) in [6, 6.07) is 63.8. The highest BCUT2D eigenvalue weighted by atomic mass is 32.1. The fourth-order valence-electron chi connectivity index (χ4n) is 8.12. The smallest absolute Gasteiger partial charge is 0.155 e. The Bertz CT molecular complexity index is 3140. The molecule has 0 fully saturated rings. The van der Waals surface area contributed by atoms with Crippen molar-refractivity contribution in [3.05, 3.63) is 176 Å². The lowest BCUT2D eigenvalue weighted by Gasteiger charge is -2.28. The molecule has 0 aliphatic heterocycles. The molecule has 0 bridgehead atoms. The topological polar surface area (TPSA) is 16.4 Å². The van der Waals surface area contributed by atoms with Gasteiger partial charge in [0.05, 0.1) is 21.5 Å². The number of benzene rings is 9. The van der Waals surface area contributed by atoms with E-state index in [0.717, 1.165) is 39.0 Å². The van der Waals surface area contributed by atoms with Crippen molar-refractivity contribution < 1.29 is 4.42 Å². The molecule has 0 spiro atoms. The van der Waals surface area contributed by atoms with Crippen molar-refractivity contribution in [2.75, 3.05) is 4.90 Å². The highest BCUT2D eigenvalue weighted by Crippen LogP contribution is 2.51. The Balaban J connectivity index is 1.26. The zero-order valence-corrected chi connectivity index (χ0v) is 28.3. The first-order valence-electron chi connectivity index (χ1n) is 17.3. The zero-order valence-electron chi connectivity index (χ0n) is 27.5. The van der Waals surface area contributed by atoms with E-state index < -0.39 is 0 Å². The summed E-state index contributed by atoms with van der Waals surface area (Å²) >= 11 is 1.81. The molecule has 2 heterocycles. The van der Waals surface area contributed by atoms with Crippen LogP contribution in [0.5, 0.6) is 0 Å². The summed E-state index contributed by atoms with van der Waals surface area (Å²) in [5.74, 6) is 0. The minimum Gasteiger partial charge on any atom is -0.454 e. The summed E-state index contributed by atoms with van der Waals surface area (Å²) in [6.45, 7) is 0. The summed E-state index contributed by atoms with van der Waals surface area (Å²) in [5.41, 5.74) is 7.58. The van der Waals surface area contributed by atoms with Gasteiger partial charge in [0.25, 0.3) is 0 Å².